The average Bonchev–Trinajstić information content (AvgIpc) is 3.50. The number of carbonyl (C=O) groups is 2. The first-order valence-electron chi connectivity index (χ1n) is 15.0. The molecular formula is C33H44ClN3O2. The van der Waals surface area contributed by atoms with Crippen molar-refractivity contribution >= 4 is 23.4 Å². The van der Waals surface area contributed by atoms with Crippen molar-refractivity contribution < 1.29 is 9.59 Å². The third-order valence-corrected chi connectivity index (χ3v) is 10.1. The minimum absolute atomic E-state index is 0.00577. The van der Waals surface area contributed by atoms with E-state index in [1.54, 1.807) is 0 Å². The first-order chi connectivity index (χ1) is 18.9. The maximum Gasteiger partial charge on any atom is 0.245 e. The number of fused-ring (bicyclic) bond motifs is 5. The van der Waals surface area contributed by atoms with E-state index in [1.807, 2.05) is 42.2 Å². The van der Waals surface area contributed by atoms with E-state index >= 15 is 0 Å². The molecule has 6 heteroatoms. The standard InChI is InChI=1S/C33H44ClN3O2/c1-3-37(18-17-21(2)23-9-5-4-6-10-23)33(39)29(19-22-13-15-24(34)16-14-22)36-32(38)30-27-20-28(31(30)35)26-12-8-7-11-25(26)27/h7-8,11-16,21,23,27-31H,3-6,9-10,17-20,35H2,1-2H3,(H,36,38)/t21?,27?,28?,29-,30?,31?/m1/s1. The molecule has 6 atom stereocenters. The fourth-order valence-corrected chi connectivity index (χ4v) is 7.69. The lowest BCUT2D eigenvalue weighted by Crippen LogP contribution is -2.54. The van der Waals surface area contributed by atoms with Crippen LogP contribution in [-0.2, 0) is 16.0 Å². The summed E-state index contributed by atoms with van der Waals surface area (Å²) in [6, 6.07) is 15.1. The van der Waals surface area contributed by atoms with Gasteiger partial charge in [-0.3, -0.25) is 9.59 Å². The van der Waals surface area contributed by atoms with Crippen molar-refractivity contribution in [2.45, 2.75) is 89.1 Å². The molecule has 2 amide bonds. The summed E-state index contributed by atoms with van der Waals surface area (Å²) in [6.07, 6.45) is 8.98. The molecule has 2 aromatic rings. The van der Waals surface area contributed by atoms with E-state index < -0.39 is 6.04 Å². The fourth-order valence-electron chi connectivity index (χ4n) is 7.56. The summed E-state index contributed by atoms with van der Waals surface area (Å²) in [6.45, 7) is 5.73. The molecule has 2 fully saturated rings. The highest BCUT2D eigenvalue weighted by molar-refractivity contribution is 6.30. The lowest BCUT2D eigenvalue weighted by Gasteiger charge is -2.33. The van der Waals surface area contributed by atoms with Crippen LogP contribution in [0.4, 0.5) is 0 Å². The number of carbonyl (C=O) groups excluding carboxylic acids is 2. The van der Waals surface area contributed by atoms with Crippen LogP contribution in [-0.4, -0.2) is 41.9 Å². The van der Waals surface area contributed by atoms with Gasteiger partial charge in [0.15, 0.2) is 0 Å². The topological polar surface area (TPSA) is 75.4 Å². The molecular weight excluding hydrogens is 506 g/mol. The van der Waals surface area contributed by atoms with Crippen molar-refractivity contribution in [2.24, 2.45) is 23.5 Å². The van der Waals surface area contributed by atoms with Crippen LogP contribution in [0.25, 0.3) is 0 Å². The van der Waals surface area contributed by atoms with Gasteiger partial charge in [0.05, 0.1) is 5.92 Å². The highest BCUT2D eigenvalue weighted by Gasteiger charge is 2.52. The van der Waals surface area contributed by atoms with Crippen molar-refractivity contribution in [2.75, 3.05) is 13.1 Å². The molecule has 2 bridgehead atoms. The largest absolute Gasteiger partial charge is 0.344 e. The lowest BCUT2D eigenvalue weighted by molar-refractivity contribution is -0.137. The number of likely N-dealkylation sites (N-methyl/N-ethyl adjacent to an activating group) is 1. The van der Waals surface area contributed by atoms with E-state index in [0.29, 0.717) is 23.9 Å². The van der Waals surface area contributed by atoms with Gasteiger partial charge in [0, 0.05) is 36.5 Å². The molecule has 39 heavy (non-hydrogen) atoms. The second-order valence-corrected chi connectivity index (χ2v) is 12.6. The summed E-state index contributed by atoms with van der Waals surface area (Å²) in [7, 11) is 0. The monoisotopic (exact) mass is 549 g/mol. The van der Waals surface area contributed by atoms with Crippen LogP contribution in [0, 0.1) is 17.8 Å². The maximum atomic E-state index is 14.0. The van der Waals surface area contributed by atoms with Gasteiger partial charge >= 0.3 is 0 Å². The van der Waals surface area contributed by atoms with E-state index in [1.165, 1.54) is 43.2 Å². The number of nitrogens with zero attached hydrogens (tertiary/aromatic N) is 1. The number of halogens is 1. The molecule has 3 aliphatic carbocycles. The number of hydrogen-bond acceptors (Lipinski definition) is 3. The molecule has 2 saturated carbocycles. The number of benzene rings is 2. The highest BCUT2D eigenvalue weighted by atomic mass is 35.5. The molecule has 0 heterocycles. The SMILES string of the molecule is CCN(CCC(C)C1CCCCC1)C(=O)[C@@H](Cc1ccc(Cl)cc1)NC(=O)C1C2CC(c3ccccc32)C1N. The third-order valence-electron chi connectivity index (χ3n) is 9.89. The maximum absolute atomic E-state index is 14.0. The lowest BCUT2D eigenvalue weighted by atomic mass is 9.79. The second kappa shape index (κ2) is 12.4. The third kappa shape index (κ3) is 6.05. The van der Waals surface area contributed by atoms with Gasteiger partial charge in [-0.2, -0.15) is 0 Å². The van der Waals surface area contributed by atoms with Gasteiger partial charge in [-0.1, -0.05) is 87.0 Å². The van der Waals surface area contributed by atoms with E-state index in [9.17, 15) is 9.59 Å². The van der Waals surface area contributed by atoms with Crippen molar-refractivity contribution in [3.05, 3.63) is 70.2 Å². The Kier molecular flexibility index (Phi) is 8.98. The Balaban J connectivity index is 1.30. The normalized spacial score (nSPS) is 25.6. The number of rotatable bonds is 10. The highest BCUT2D eigenvalue weighted by Crippen LogP contribution is 2.55. The Labute approximate surface area is 238 Å². The van der Waals surface area contributed by atoms with Gasteiger partial charge in [-0.05, 0) is 66.3 Å². The van der Waals surface area contributed by atoms with E-state index in [-0.39, 0.29) is 35.6 Å². The zero-order valence-corrected chi connectivity index (χ0v) is 24.2. The minimum atomic E-state index is -0.634. The minimum Gasteiger partial charge on any atom is -0.344 e. The predicted octanol–water partition coefficient (Wildman–Crippen LogP) is 6.05. The number of nitrogens with two attached hydrogens (primary N) is 1. The zero-order valence-electron chi connectivity index (χ0n) is 23.5. The van der Waals surface area contributed by atoms with Crippen LogP contribution in [0.5, 0.6) is 0 Å². The molecule has 3 aliphatic rings. The van der Waals surface area contributed by atoms with Crippen molar-refractivity contribution in [3.63, 3.8) is 0 Å². The van der Waals surface area contributed by atoms with Crippen molar-refractivity contribution in [1.29, 1.82) is 0 Å². The first kappa shape index (κ1) is 28.2. The molecule has 0 aromatic heterocycles. The summed E-state index contributed by atoms with van der Waals surface area (Å²) < 4.78 is 0. The van der Waals surface area contributed by atoms with Crippen LogP contribution in [0.15, 0.2) is 48.5 Å². The molecule has 3 N–H and O–H groups in total. The predicted molar refractivity (Wildman–Crippen MR) is 158 cm³/mol. The zero-order chi connectivity index (χ0) is 27.5. The Bertz CT molecular complexity index is 1150. The van der Waals surface area contributed by atoms with Crippen LogP contribution in [0.3, 0.4) is 0 Å². The molecule has 5 nitrogen and oxygen atoms in total. The first-order valence-corrected chi connectivity index (χ1v) is 15.4. The molecule has 0 spiro atoms. The van der Waals surface area contributed by atoms with E-state index in [2.05, 4.69) is 30.4 Å². The summed E-state index contributed by atoms with van der Waals surface area (Å²) in [5, 5.41) is 3.85. The number of amides is 2. The summed E-state index contributed by atoms with van der Waals surface area (Å²) in [5.74, 6) is 1.28. The second-order valence-electron chi connectivity index (χ2n) is 12.2. The van der Waals surface area contributed by atoms with Gasteiger partial charge in [0.1, 0.15) is 6.04 Å². The van der Waals surface area contributed by atoms with Gasteiger partial charge in [0.25, 0.3) is 0 Å². The Morgan fingerprint density at radius 2 is 1.69 bits per heavy atom. The summed E-state index contributed by atoms with van der Waals surface area (Å²) in [4.78, 5) is 29.7. The van der Waals surface area contributed by atoms with E-state index in [0.717, 1.165) is 30.9 Å². The van der Waals surface area contributed by atoms with Crippen LogP contribution in [0.1, 0.15) is 87.3 Å². The van der Waals surface area contributed by atoms with Crippen LogP contribution >= 0.6 is 11.6 Å². The molecule has 5 rings (SSSR count). The van der Waals surface area contributed by atoms with Crippen molar-refractivity contribution in [3.8, 4) is 0 Å². The van der Waals surface area contributed by atoms with Crippen LogP contribution in [0.2, 0.25) is 5.02 Å². The molecule has 5 unspecified atom stereocenters. The summed E-state index contributed by atoms with van der Waals surface area (Å²) >= 11 is 6.12. The Morgan fingerprint density at radius 1 is 1.03 bits per heavy atom. The van der Waals surface area contributed by atoms with Gasteiger partial charge in [-0.25, -0.2) is 0 Å². The Morgan fingerprint density at radius 3 is 2.36 bits per heavy atom. The molecule has 0 saturated heterocycles. The molecule has 2 aromatic carbocycles. The number of nitrogens with one attached hydrogen (secondary N) is 1. The molecule has 0 aliphatic heterocycles. The molecule has 0 radical (unpaired) electrons. The quantitative estimate of drug-likeness (QED) is 0.379. The van der Waals surface area contributed by atoms with Crippen LogP contribution < -0.4 is 11.1 Å². The van der Waals surface area contributed by atoms with Crippen molar-refractivity contribution in [1.82, 2.24) is 10.2 Å². The van der Waals surface area contributed by atoms with Gasteiger partial charge in [0.2, 0.25) is 11.8 Å². The van der Waals surface area contributed by atoms with Gasteiger partial charge in [-0.15, -0.1) is 0 Å². The average molecular weight is 550 g/mol. The Hall–Kier alpha value is -2.37. The number of hydrogen-bond donors (Lipinski definition) is 2. The summed E-state index contributed by atoms with van der Waals surface area (Å²) in [5.41, 5.74) is 10.2. The van der Waals surface area contributed by atoms with E-state index in [4.69, 9.17) is 17.3 Å². The van der Waals surface area contributed by atoms with Gasteiger partial charge < -0.3 is 16.0 Å². The molecule has 210 valence electrons. The fraction of sp³-hybridized carbons (Fsp3) is 0.576. The smallest absolute Gasteiger partial charge is 0.245 e.